The summed E-state index contributed by atoms with van der Waals surface area (Å²) in [5.74, 6) is 1.04. The van der Waals surface area contributed by atoms with E-state index in [1.165, 1.54) is 12.0 Å². The second-order valence-corrected chi connectivity index (χ2v) is 7.39. The van der Waals surface area contributed by atoms with Gasteiger partial charge in [0.2, 0.25) is 0 Å². The third-order valence-electron chi connectivity index (χ3n) is 5.40. The second-order valence-electron chi connectivity index (χ2n) is 7.39. The Hall–Kier alpha value is -3.12. The van der Waals surface area contributed by atoms with Gasteiger partial charge in [0.25, 0.3) is 5.91 Å². The minimum atomic E-state index is -0.126. The lowest BCUT2D eigenvalue weighted by Crippen LogP contribution is -2.34. The van der Waals surface area contributed by atoms with Gasteiger partial charge in [-0.25, -0.2) is 9.97 Å². The van der Waals surface area contributed by atoms with Gasteiger partial charge in [0.05, 0.1) is 11.3 Å². The molecule has 1 aromatic carbocycles. The van der Waals surface area contributed by atoms with E-state index in [4.69, 9.17) is 0 Å². The predicted molar refractivity (Wildman–Crippen MR) is 113 cm³/mol. The monoisotopic (exact) mass is 387 g/mol. The molecule has 3 heterocycles. The van der Waals surface area contributed by atoms with Gasteiger partial charge in [-0.3, -0.25) is 9.78 Å². The Kier molecular flexibility index (Phi) is 5.91. The van der Waals surface area contributed by atoms with E-state index in [2.05, 4.69) is 55.5 Å². The number of pyridine rings is 1. The fraction of sp³-hybridized carbons (Fsp3) is 0.304. The molecule has 3 aromatic rings. The topological polar surface area (TPSA) is 71.0 Å². The van der Waals surface area contributed by atoms with E-state index in [1.807, 2.05) is 19.1 Å². The zero-order valence-electron chi connectivity index (χ0n) is 16.6. The first-order valence-electron chi connectivity index (χ1n) is 10.0. The molecule has 1 amide bonds. The molecular formula is C23H25N5O. The van der Waals surface area contributed by atoms with Gasteiger partial charge in [0.15, 0.2) is 5.82 Å². The summed E-state index contributed by atoms with van der Waals surface area (Å²) < 4.78 is 0. The second kappa shape index (κ2) is 8.92. The first-order chi connectivity index (χ1) is 14.2. The number of rotatable bonds is 6. The van der Waals surface area contributed by atoms with Gasteiger partial charge in [-0.15, -0.1) is 0 Å². The average Bonchev–Trinajstić information content (AvgIpc) is 3.24. The summed E-state index contributed by atoms with van der Waals surface area (Å²) in [6, 6.07) is 14.4. The number of aryl methyl sites for hydroxylation is 1. The summed E-state index contributed by atoms with van der Waals surface area (Å²) in [5, 5.41) is 3.01. The molecule has 0 saturated carbocycles. The van der Waals surface area contributed by atoms with Gasteiger partial charge in [0, 0.05) is 43.8 Å². The lowest BCUT2D eigenvalue weighted by atomic mass is 9.99. The van der Waals surface area contributed by atoms with Crippen LogP contribution in [0.15, 0.2) is 61.1 Å². The smallest absolute Gasteiger partial charge is 0.254 e. The highest BCUT2D eigenvalue weighted by atomic mass is 16.1. The molecule has 1 aliphatic heterocycles. The first kappa shape index (κ1) is 19.2. The number of carbonyl (C=O) groups excluding carboxylic acids is 1. The molecule has 148 valence electrons. The molecule has 0 spiro atoms. The third-order valence-corrected chi connectivity index (χ3v) is 5.40. The maximum absolute atomic E-state index is 12.6. The molecule has 6 heteroatoms. The van der Waals surface area contributed by atoms with Crippen molar-refractivity contribution in [2.45, 2.75) is 19.3 Å². The minimum absolute atomic E-state index is 0.126. The molecule has 29 heavy (non-hydrogen) atoms. The fourth-order valence-corrected chi connectivity index (χ4v) is 3.78. The summed E-state index contributed by atoms with van der Waals surface area (Å²) in [6.45, 7) is 5.41. The number of hydrogen-bond acceptors (Lipinski definition) is 5. The molecule has 1 saturated heterocycles. The Labute approximate surface area is 171 Å². The van der Waals surface area contributed by atoms with Crippen LogP contribution in [-0.4, -0.2) is 51.9 Å². The van der Waals surface area contributed by atoms with Gasteiger partial charge >= 0.3 is 0 Å². The zero-order valence-corrected chi connectivity index (χ0v) is 16.6. The number of hydrogen-bond donors (Lipinski definition) is 1. The van der Waals surface area contributed by atoms with Gasteiger partial charge in [-0.2, -0.15) is 0 Å². The van der Waals surface area contributed by atoms with Crippen molar-refractivity contribution < 1.29 is 4.79 Å². The molecule has 1 N–H and O–H groups in total. The summed E-state index contributed by atoms with van der Waals surface area (Å²) in [6.07, 6.45) is 6.19. The van der Waals surface area contributed by atoms with Crippen LogP contribution in [0.5, 0.6) is 0 Å². The fourth-order valence-electron chi connectivity index (χ4n) is 3.78. The van der Waals surface area contributed by atoms with Gasteiger partial charge in [0.1, 0.15) is 0 Å². The number of nitrogens with zero attached hydrogens (tertiary/aromatic N) is 4. The SMILES string of the molecule is Cc1nc(-c2cccnc2)ncc1C(=O)NCCN1CCC(c2ccccc2)C1. The van der Waals surface area contributed by atoms with Crippen molar-refractivity contribution in [1.82, 2.24) is 25.2 Å². The van der Waals surface area contributed by atoms with Crippen molar-refractivity contribution in [1.29, 1.82) is 0 Å². The molecular weight excluding hydrogens is 362 g/mol. The molecule has 4 rings (SSSR count). The van der Waals surface area contributed by atoms with E-state index in [0.29, 0.717) is 29.5 Å². The van der Waals surface area contributed by atoms with Crippen molar-refractivity contribution in [2.75, 3.05) is 26.2 Å². The number of likely N-dealkylation sites (tertiary alicyclic amines) is 1. The normalized spacial score (nSPS) is 16.7. The standard InChI is InChI=1S/C23H25N5O/c1-17-21(15-26-22(27-17)19-8-5-10-24-14-19)23(29)25-11-13-28-12-9-20(16-28)18-6-3-2-4-7-18/h2-8,10,14-15,20H,9,11-13,16H2,1H3,(H,25,29). The van der Waals surface area contributed by atoms with Crippen LogP contribution < -0.4 is 5.32 Å². The first-order valence-corrected chi connectivity index (χ1v) is 10.0. The number of amides is 1. The quantitative estimate of drug-likeness (QED) is 0.704. The van der Waals surface area contributed by atoms with Crippen molar-refractivity contribution in [2.24, 2.45) is 0 Å². The molecule has 1 aliphatic rings. The molecule has 0 bridgehead atoms. The molecule has 2 aromatic heterocycles. The van der Waals surface area contributed by atoms with Crippen LogP contribution in [0.1, 0.15) is 34.0 Å². The van der Waals surface area contributed by atoms with Crippen LogP contribution in [-0.2, 0) is 0 Å². The Morgan fingerprint density at radius 3 is 2.79 bits per heavy atom. The molecule has 1 atom stereocenters. The van der Waals surface area contributed by atoms with Crippen LogP contribution >= 0.6 is 0 Å². The number of benzene rings is 1. The van der Waals surface area contributed by atoms with Crippen molar-refractivity contribution in [3.63, 3.8) is 0 Å². The maximum atomic E-state index is 12.6. The van der Waals surface area contributed by atoms with Crippen molar-refractivity contribution in [3.8, 4) is 11.4 Å². The molecule has 6 nitrogen and oxygen atoms in total. The van der Waals surface area contributed by atoms with E-state index < -0.39 is 0 Å². The molecule has 0 radical (unpaired) electrons. The van der Waals surface area contributed by atoms with Gasteiger partial charge in [-0.05, 0) is 43.5 Å². The summed E-state index contributed by atoms with van der Waals surface area (Å²) in [7, 11) is 0. The van der Waals surface area contributed by atoms with E-state index in [9.17, 15) is 4.79 Å². The van der Waals surface area contributed by atoms with E-state index in [-0.39, 0.29) is 5.91 Å². The highest BCUT2D eigenvalue weighted by Gasteiger charge is 2.23. The number of aromatic nitrogens is 3. The maximum Gasteiger partial charge on any atom is 0.254 e. The summed E-state index contributed by atoms with van der Waals surface area (Å²) >= 11 is 0. The van der Waals surface area contributed by atoms with Crippen LogP contribution in [0.2, 0.25) is 0 Å². The Morgan fingerprint density at radius 2 is 2.03 bits per heavy atom. The van der Waals surface area contributed by atoms with E-state index >= 15 is 0 Å². The summed E-state index contributed by atoms with van der Waals surface area (Å²) in [5.41, 5.74) is 3.42. The van der Waals surface area contributed by atoms with Crippen molar-refractivity contribution in [3.05, 3.63) is 77.9 Å². The van der Waals surface area contributed by atoms with Crippen LogP contribution in [0.3, 0.4) is 0 Å². The van der Waals surface area contributed by atoms with Gasteiger partial charge in [-0.1, -0.05) is 30.3 Å². The Balaban J connectivity index is 1.29. The summed E-state index contributed by atoms with van der Waals surface area (Å²) in [4.78, 5) is 27.9. The van der Waals surface area contributed by atoms with E-state index in [0.717, 1.165) is 25.2 Å². The minimum Gasteiger partial charge on any atom is -0.351 e. The third kappa shape index (κ3) is 4.66. The highest BCUT2D eigenvalue weighted by molar-refractivity contribution is 5.95. The Bertz CT molecular complexity index is 962. The van der Waals surface area contributed by atoms with E-state index in [1.54, 1.807) is 18.6 Å². The zero-order chi connectivity index (χ0) is 20.1. The molecule has 1 unspecified atom stereocenters. The van der Waals surface area contributed by atoms with Gasteiger partial charge < -0.3 is 10.2 Å². The number of carbonyl (C=O) groups is 1. The lowest BCUT2D eigenvalue weighted by molar-refractivity contribution is 0.0948. The lowest BCUT2D eigenvalue weighted by Gasteiger charge is -2.16. The van der Waals surface area contributed by atoms with Crippen molar-refractivity contribution >= 4 is 5.91 Å². The average molecular weight is 387 g/mol. The highest BCUT2D eigenvalue weighted by Crippen LogP contribution is 2.26. The van der Waals surface area contributed by atoms with Crippen LogP contribution in [0, 0.1) is 6.92 Å². The van der Waals surface area contributed by atoms with Crippen LogP contribution in [0.4, 0.5) is 0 Å². The Morgan fingerprint density at radius 1 is 1.17 bits per heavy atom. The molecule has 0 aliphatic carbocycles. The van der Waals surface area contributed by atoms with Crippen LogP contribution in [0.25, 0.3) is 11.4 Å². The predicted octanol–water partition coefficient (Wildman–Crippen LogP) is 3.07. The molecule has 1 fully saturated rings. The number of nitrogens with one attached hydrogen (secondary N) is 1. The largest absolute Gasteiger partial charge is 0.351 e.